The van der Waals surface area contributed by atoms with Crippen molar-refractivity contribution in [3.05, 3.63) is 32.7 Å². The van der Waals surface area contributed by atoms with Crippen LogP contribution >= 0.6 is 0 Å². The van der Waals surface area contributed by atoms with Crippen molar-refractivity contribution in [2.45, 2.75) is 0 Å². The van der Waals surface area contributed by atoms with E-state index < -0.39 is 0 Å². The van der Waals surface area contributed by atoms with E-state index in [4.69, 9.17) is 21.0 Å². The highest BCUT2D eigenvalue weighted by molar-refractivity contribution is 5.61. The Labute approximate surface area is 96.0 Å². The van der Waals surface area contributed by atoms with Crippen molar-refractivity contribution in [3.8, 4) is 24.3 Å². The molecule has 0 atom stereocenters. The van der Waals surface area contributed by atoms with Crippen LogP contribution in [0.3, 0.4) is 0 Å². The van der Waals surface area contributed by atoms with Crippen molar-refractivity contribution in [2.75, 3.05) is 0 Å². The molecule has 4 nitrogen and oxygen atoms in total. The Morgan fingerprint density at radius 1 is 0.824 bits per heavy atom. The number of hydrogen-bond acceptors (Lipinski definition) is 4. The van der Waals surface area contributed by atoms with Crippen LogP contribution in [0.5, 0.6) is 0 Å². The van der Waals surface area contributed by atoms with Crippen molar-refractivity contribution < 1.29 is 4.39 Å². The first-order chi connectivity index (χ1) is 8.15. The summed E-state index contributed by atoms with van der Waals surface area (Å²) in [5, 5.41) is 35.1. The lowest BCUT2D eigenvalue weighted by molar-refractivity contribution is 0.796. The number of rotatable bonds is 0. The number of hydrogen-bond donors (Lipinski definition) is 0. The van der Waals surface area contributed by atoms with Gasteiger partial charge in [0.05, 0.1) is 28.6 Å². The van der Waals surface area contributed by atoms with Crippen molar-refractivity contribution in [3.63, 3.8) is 0 Å². The number of benzene rings is 1. The highest BCUT2D eigenvalue weighted by Gasteiger charge is 2.15. The first-order valence-electron chi connectivity index (χ1n) is 4.25. The maximum Gasteiger partial charge on any atom is 0.101 e. The lowest BCUT2D eigenvalue weighted by Gasteiger charge is -2.01. The van der Waals surface area contributed by atoms with E-state index in [1.807, 2.05) is 0 Å². The molecule has 1 aromatic carbocycles. The van der Waals surface area contributed by atoms with Crippen LogP contribution in [0.1, 0.15) is 22.3 Å². The van der Waals surface area contributed by atoms with Gasteiger partial charge in [0.1, 0.15) is 24.3 Å². The second kappa shape index (κ2) is 4.58. The minimum atomic E-state index is -0.351. The van der Waals surface area contributed by atoms with Gasteiger partial charge in [0.15, 0.2) is 0 Å². The molecule has 0 saturated heterocycles. The average molecular weight is 222 g/mol. The maximum absolute atomic E-state index is 12.7. The van der Waals surface area contributed by atoms with Gasteiger partial charge in [-0.05, 0) is 0 Å². The Hall–Kier alpha value is -3.15. The minimum absolute atomic E-state index is 0.0336. The molecular formula is C12H3FN4. The summed E-state index contributed by atoms with van der Waals surface area (Å²) in [5.74, 6) is 0. The predicted molar refractivity (Wildman–Crippen MR) is 55.6 cm³/mol. The van der Waals surface area contributed by atoms with Crippen LogP contribution in [-0.4, -0.2) is 0 Å². The smallest absolute Gasteiger partial charge is 0.101 e. The van der Waals surface area contributed by atoms with E-state index in [1.54, 1.807) is 24.3 Å². The van der Waals surface area contributed by atoms with Crippen molar-refractivity contribution in [1.82, 2.24) is 0 Å². The SMILES string of the molecule is C=c1c(C#N)c(C#N)c(=CF)c(C#N)c1C#N. The van der Waals surface area contributed by atoms with Gasteiger partial charge in [-0.2, -0.15) is 21.0 Å². The summed E-state index contributed by atoms with van der Waals surface area (Å²) < 4.78 is 12.7. The fraction of sp³-hybridized carbons (Fsp3) is 0. The molecule has 0 radical (unpaired) electrons. The lowest BCUT2D eigenvalue weighted by atomic mass is 9.95. The van der Waals surface area contributed by atoms with Gasteiger partial charge in [0, 0.05) is 10.4 Å². The van der Waals surface area contributed by atoms with Crippen LogP contribution in [0.4, 0.5) is 4.39 Å². The van der Waals surface area contributed by atoms with Gasteiger partial charge in [0.2, 0.25) is 0 Å². The van der Waals surface area contributed by atoms with Gasteiger partial charge in [0.25, 0.3) is 0 Å². The van der Waals surface area contributed by atoms with E-state index in [2.05, 4.69) is 6.58 Å². The van der Waals surface area contributed by atoms with E-state index in [9.17, 15) is 4.39 Å². The second-order valence-electron chi connectivity index (χ2n) is 2.95. The molecule has 0 spiro atoms. The quantitative estimate of drug-likeness (QED) is 0.630. The number of halogens is 1. The van der Waals surface area contributed by atoms with E-state index in [1.165, 1.54) is 0 Å². The molecule has 0 N–H and O–H groups in total. The average Bonchev–Trinajstić information content (AvgIpc) is 2.36. The highest BCUT2D eigenvalue weighted by Crippen LogP contribution is 2.04. The molecule has 78 valence electrons. The Bertz CT molecular complexity index is 705. The Morgan fingerprint density at radius 3 is 1.41 bits per heavy atom. The van der Waals surface area contributed by atoms with Gasteiger partial charge in [-0.25, -0.2) is 4.39 Å². The Balaban J connectivity index is 4.25. The third-order valence-corrected chi connectivity index (χ3v) is 2.20. The molecule has 0 saturated carbocycles. The second-order valence-corrected chi connectivity index (χ2v) is 2.95. The molecule has 0 aromatic heterocycles. The molecule has 0 fully saturated rings. The van der Waals surface area contributed by atoms with Gasteiger partial charge >= 0.3 is 0 Å². The van der Waals surface area contributed by atoms with Crippen LogP contribution in [0.2, 0.25) is 0 Å². The van der Waals surface area contributed by atoms with Crippen LogP contribution in [0.25, 0.3) is 12.9 Å². The van der Waals surface area contributed by atoms with Crippen molar-refractivity contribution in [2.24, 2.45) is 0 Å². The normalized spacial score (nSPS) is 8.29. The zero-order chi connectivity index (χ0) is 13.0. The number of nitriles is 4. The minimum Gasteiger partial charge on any atom is -0.215 e. The van der Waals surface area contributed by atoms with E-state index in [-0.39, 0.29) is 39.0 Å². The molecule has 0 aliphatic carbocycles. The van der Waals surface area contributed by atoms with Crippen LogP contribution in [-0.2, 0) is 0 Å². The van der Waals surface area contributed by atoms with Crippen LogP contribution in [0, 0.1) is 45.3 Å². The summed E-state index contributed by atoms with van der Waals surface area (Å²) in [6, 6.07) is 6.64. The first kappa shape index (κ1) is 11.9. The summed E-state index contributed by atoms with van der Waals surface area (Å²) in [6.45, 7) is 3.47. The lowest BCUT2D eigenvalue weighted by Crippen LogP contribution is -2.25. The van der Waals surface area contributed by atoms with E-state index >= 15 is 0 Å². The molecule has 1 aromatic rings. The molecule has 0 aliphatic rings. The zero-order valence-electron chi connectivity index (χ0n) is 8.45. The molecule has 17 heavy (non-hydrogen) atoms. The molecule has 0 amide bonds. The van der Waals surface area contributed by atoms with Crippen LogP contribution < -0.4 is 10.4 Å². The van der Waals surface area contributed by atoms with E-state index in [0.29, 0.717) is 0 Å². The largest absolute Gasteiger partial charge is 0.215 e. The third kappa shape index (κ3) is 1.59. The first-order valence-corrected chi connectivity index (χ1v) is 4.25. The Morgan fingerprint density at radius 2 is 1.18 bits per heavy atom. The summed E-state index contributed by atoms with van der Waals surface area (Å²) in [4.78, 5) is 0. The summed E-state index contributed by atoms with van der Waals surface area (Å²) in [7, 11) is 0. The highest BCUT2D eigenvalue weighted by atomic mass is 19.1. The topological polar surface area (TPSA) is 95.2 Å². The summed E-state index contributed by atoms with van der Waals surface area (Å²) in [5.41, 5.74) is -0.940. The predicted octanol–water partition coefficient (Wildman–Crippen LogP) is 0.291. The van der Waals surface area contributed by atoms with Crippen molar-refractivity contribution in [1.29, 1.82) is 21.0 Å². The fourth-order valence-corrected chi connectivity index (χ4v) is 1.41. The fourth-order valence-electron chi connectivity index (χ4n) is 1.41. The monoisotopic (exact) mass is 222 g/mol. The molecule has 0 aliphatic heterocycles. The van der Waals surface area contributed by atoms with Crippen molar-refractivity contribution >= 4 is 12.9 Å². The molecule has 0 heterocycles. The zero-order valence-corrected chi connectivity index (χ0v) is 8.45. The molecular weight excluding hydrogens is 219 g/mol. The summed E-state index contributed by atoms with van der Waals surface area (Å²) >= 11 is 0. The molecule has 5 heteroatoms. The van der Waals surface area contributed by atoms with Gasteiger partial charge in [-0.15, -0.1) is 0 Å². The summed E-state index contributed by atoms with van der Waals surface area (Å²) in [6.07, 6.45) is 0.0399. The van der Waals surface area contributed by atoms with Gasteiger partial charge < -0.3 is 0 Å². The van der Waals surface area contributed by atoms with Crippen LogP contribution in [0.15, 0.2) is 0 Å². The maximum atomic E-state index is 12.7. The molecule has 0 bridgehead atoms. The number of nitrogens with zero attached hydrogens (tertiary/aromatic N) is 4. The molecule has 0 unspecified atom stereocenters. The van der Waals surface area contributed by atoms with E-state index in [0.717, 1.165) is 0 Å². The Kier molecular flexibility index (Phi) is 3.21. The van der Waals surface area contributed by atoms with Gasteiger partial charge in [-0.1, -0.05) is 6.58 Å². The third-order valence-electron chi connectivity index (χ3n) is 2.20. The van der Waals surface area contributed by atoms with Gasteiger partial charge in [-0.3, -0.25) is 0 Å². The standard InChI is InChI=1S/C12H3FN4/c1-7-9(3-14)11(5-16)8(2-13)12(6-17)10(7)4-15/h2H,1H2. The molecule has 1 rings (SSSR count).